The summed E-state index contributed by atoms with van der Waals surface area (Å²) in [6.07, 6.45) is 6.44. The van der Waals surface area contributed by atoms with Crippen molar-refractivity contribution in [2.45, 2.75) is 92.9 Å². The number of anilines is 4. The lowest BCUT2D eigenvalue weighted by molar-refractivity contribution is 0.243. The van der Waals surface area contributed by atoms with Gasteiger partial charge in [0.2, 0.25) is 5.95 Å². The van der Waals surface area contributed by atoms with Crippen molar-refractivity contribution in [1.29, 1.82) is 0 Å². The summed E-state index contributed by atoms with van der Waals surface area (Å²) in [4.78, 5) is 9.62. The van der Waals surface area contributed by atoms with Gasteiger partial charge in [-0.3, -0.25) is 0 Å². The molecule has 1 fully saturated rings. The number of nitrogens with one attached hydrogen (secondary N) is 3. The van der Waals surface area contributed by atoms with E-state index in [0.717, 1.165) is 29.8 Å². The van der Waals surface area contributed by atoms with Crippen molar-refractivity contribution in [3.8, 4) is 5.75 Å². The second kappa shape index (κ2) is 13.7. The monoisotopic (exact) mass is 691 g/mol. The first-order valence-corrected chi connectivity index (χ1v) is 17.4. The molecule has 0 atom stereocenters. The molecule has 3 aromatic rings. The van der Waals surface area contributed by atoms with E-state index in [1.54, 1.807) is 38.2 Å². The summed E-state index contributed by atoms with van der Waals surface area (Å²) in [6.45, 7) is 9.58. The van der Waals surface area contributed by atoms with Crippen molar-refractivity contribution in [3.05, 3.63) is 59.3 Å². The fourth-order valence-corrected chi connectivity index (χ4v) is 7.04. The van der Waals surface area contributed by atoms with Crippen molar-refractivity contribution >= 4 is 55.6 Å². The van der Waals surface area contributed by atoms with Crippen molar-refractivity contribution in [1.82, 2.24) is 15.3 Å². The molecule has 3 N–H and O–H groups in total. The van der Waals surface area contributed by atoms with Crippen LogP contribution in [-0.4, -0.2) is 42.8 Å². The molecule has 1 heterocycles. The highest BCUT2D eigenvalue weighted by atomic mass is 127. The summed E-state index contributed by atoms with van der Waals surface area (Å²) in [5, 5.41) is 9.56. The van der Waals surface area contributed by atoms with Crippen LogP contribution in [0.3, 0.4) is 0 Å². The number of nitrogens with zero attached hydrogens (tertiary/aromatic N) is 2. The quantitative estimate of drug-likeness (QED) is 0.141. The topological polar surface area (TPSA) is 105 Å². The van der Waals surface area contributed by atoms with Gasteiger partial charge in [0.1, 0.15) is 11.6 Å². The first kappa shape index (κ1) is 31.5. The molecule has 1 aromatic heterocycles. The van der Waals surface area contributed by atoms with Crippen LogP contribution in [0.4, 0.5) is 23.1 Å². The van der Waals surface area contributed by atoms with Crippen molar-refractivity contribution in [2.75, 3.05) is 17.7 Å². The minimum absolute atomic E-state index is 0.00471. The number of aryl methyl sites for hydroxylation is 1. The van der Waals surface area contributed by atoms with E-state index in [0.29, 0.717) is 33.8 Å². The smallest absolute Gasteiger partial charge is 0.229 e. The predicted molar refractivity (Wildman–Crippen MR) is 176 cm³/mol. The van der Waals surface area contributed by atoms with Crippen LogP contribution in [0.2, 0.25) is 0 Å². The fraction of sp³-hybridized carbons (Fsp3) is 0.484. The van der Waals surface area contributed by atoms with Crippen LogP contribution in [0.1, 0.15) is 76.0 Å². The molecule has 0 radical (unpaired) electrons. The molecular formula is C31H42IN5O3S. The molecule has 0 amide bonds. The molecule has 0 saturated heterocycles. The highest BCUT2D eigenvalue weighted by Crippen LogP contribution is 2.40. The Morgan fingerprint density at radius 2 is 1.73 bits per heavy atom. The molecule has 41 heavy (non-hydrogen) atoms. The van der Waals surface area contributed by atoms with Gasteiger partial charge in [0.05, 0.1) is 27.6 Å². The maximum atomic E-state index is 13.0. The van der Waals surface area contributed by atoms with Crippen molar-refractivity contribution < 1.29 is 13.2 Å². The van der Waals surface area contributed by atoms with Crippen LogP contribution in [-0.2, 0) is 14.3 Å². The van der Waals surface area contributed by atoms with Crippen LogP contribution in [0.15, 0.2) is 47.5 Å². The van der Waals surface area contributed by atoms with E-state index >= 15 is 0 Å². The van der Waals surface area contributed by atoms with E-state index in [9.17, 15) is 8.42 Å². The molecule has 0 aliphatic heterocycles. The van der Waals surface area contributed by atoms with Gasteiger partial charge in [-0.1, -0.05) is 34.7 Å². The molecule has 1 aliphatic carbocycles. The largest absolute Gasteiger partial charge is 0.489 e. The lowest BCUT2D eigenvalue weighted by atomic mass is 9.80. The zero-order valence-corrected chi connectivity index (χ0v) is 27.8. The van der Waals surface area contributed by atoms with Gasteiger partial charge in [0.15, 0.2) is 9.84 Å². The maximum Gasteiger partial charge on any atom is 0.229 e. The molecule has 10 heteroatoms. The van der Waals surface area contributed by atoms with E-state index < -0.39 is 15.1 Å². The SMILES string of the molecule is CNC1CCC(c2cc(OC(C)C)c(Nc3ncc(CI)c(Nc4ccccc4S(=O)(=O)C(C)C)n3)cc2C)CC1. The highest BCUT2D eigenvalue weighted by molar-refractivity contribution is 14.1. The Balaban J connectivity index is 1.66. The van der Waals surface area contributed by atoms with E-state index in [1.807, 2.05) is 27.0 Å². The van der Waals surface area contributed by atoms with Gasteiger partial charge in [0, 0.05) is 22.2 Å². The third kappa shape index (κ3) is 7.50. The van der Waals surface area contributed by atoms with Crippen LogP contribution < -0.4 is 20.7 Å². The Morgan fingerprint density at radius 3 is 2.37 bits per heavy atom. The first-order chi connectivity index (χ1) is 19.5. The number of para-hydroxylation sites is 1. The number of aromatic nitrogens is 2. The van der Waals surface area contributed by atoms with Gasteiger partial charge in [-0.2, -0.15) is 4.98 Å². The normalized spacial score (nSPS) is 17.6. The minimum atomic E-state index is -3.49. The number of hydrogen-bond donors (Lipinski definition) is 3. The fourth-order valence-electron chi connectivity index (χ4n) is 5.28. The van der Waals surface area contributed by atoms with Crippen molar-refractivity contribution in [2.24, 2.45) is 0 Å². The molecule has 1 aliphatic rings. The third-order valence-corrected chi connectivity index (χ3v) is 10.7. The van der Waals surface area contributed by atoms with Crippen LogP contribution in [0.25, 0.3) is 0 Å². The number of benzene rings is 2. The number of alkyl halides is 1. The lowest BCUT2D eigenvalue weighted by Crippen LogP contribution is -2.29. The molecule has 0 bridgehead atoms. The van der Waals surface area contributed by atoms with E-state index in [1.165, 1.54) is 24.0 Å². The van der Waals surface area contributed by atoms with E-state index in [4.69, 9.17) is 9.72 Å². The van der Waals surface area contributed by atoms with Crippen LogP contribution in [0, 0.1) is 6.92 Å². The molecule has 8 nitrogen and oxygen atoms in total. The average Bonchev–Trinajstić information content (AvgIpc) is 2.94. The van der Waals surface area contributed by atoms with Crippen LogP contribution in [0.5, 0.6) is 5.75 Å². The van der Waals surface area contributed by atoms with E-state index in [2.05, 4.69) is 62.6 Å². The molecular weight excluding hydrogens is 649 g/mol. The lowest BCUT2D eigenvalue weighted by Gasteiger charge is -2.30. The summed E-state index contributed by atoms with van der Waals surface area (Å²) < 4.78 is 33.0. The summed E-state index contributed by atoms with van der Waals surface area (Å²) in [7, 11) is -1.44. The number of ether oxygens (including phenoxy) is 1. The molecule has 4 rings (SSSR count). The Bertz CT molecular complexity index is 1450. The maximum absolute atomic E-state index is 13.0. The van der Waals surface area contributed by atoms with Gasteiger partial charge in [-0.25, -0.2) is 13.4 Å². The second-order valence-electron chi connectivity index (χ2n) is 11.2. The Kier molecular flexibility index (Phi) is 10.5. The summed E-state index contributed by atoms with van der Waals surface area (Å²) in [6, 6.07) is 11.9. The summed E-state index contributed by atoms with van der Waals surface area (Å²) in [5.41, 5.74) is 4.72. The molecule has 1 saturated carbocycles. The number of hydrogen-bond acceptors (Lipinski definition) is 8. The van der Waals surface area contributed by atoms with Gasteiger partial charge < -0.3 is 20.7 Å². The molecule has 0 spiro atoms. The minimum Gasteiger partial charge on any atom is -0.489 e. The summed E-state index contributed by atoms with van der Waals surface area (Å²) >= 11 is 2.26. The van der Waals surface area contributed by atoms with Gasteiger partial charge in [-0.15, -0.1) is 0 Å². The number of halogens is 1. The number of rotatable bonds is 11. The van der Waals surface area contributed by atoms with Gasteiger partial charge in [0.25, 0.3) is 0 Å². The Morgan fingerprint density at radius 1 is 1.02 bits per heavy atom. The van der Waals surface area contributed by atoms with Gasteiger partial charge >= 0.3 is 0 Å². The highest BCUT2D eigenvalue weighted by Gasteiger charge is 2.25. The standard InChI is InChI=1S/C31H42IN5O3S/c1-19(2)40-28-16-25(22-11-13-24(33-6)14-12-22)21(5)15-27(28)36-31-34-18-23(17-32)30(37-31)35-26-9-7-8-10-29(26)41(38,39)20(3)4/h7-10,15-16,18-20,22,24,33H,11-14,17H2,1-6H3,(H2,34,35,36,37). The zero-order chi connectivity index (χ0) is 29.7. The molecule has 0 unspecified atom stereocenters. The molecule has 222 valence electrons. The second-order valence-corrected chi connectivity index (χ2v) is 14.5. The first-order valence-electron chi connectivity index (χ1n) is 14.3. The van der Waals surface area contributed by atoms with Crippen molar-refractivity contribution in [3.63, 3.8) is 0 Å². The zero-order valence-electron chi connectivity index (χ0n) is 24.8. The average molecular weight is 692 g/mol. The van der Waals surface area contributed by atoms with E-state index in [-0.39, 0.29) is 11.0 Å². The Labute approximate surface area is 258 Å². The van der Waals surface area contributed by atoms with Crippen LogP contribution >= 0.6 is 22.6 Å². The molecule has 2 aromatic carbocycles. The number of sulfone groups is 1. The third-order valence-electron chi connectivity index (χ3n) is 7.63. The predicted octanol–water partition coefficient (Wildman–Crippen LogP) is 7.42. The summed E-state index contributed by atoms with van der Waals surface area (Å²) in [5.74, 6) is 2.26. The Hall–Kier alpha value is -2.44. The van der Waals surface area contributed by atoms with Gasteiger partial charge in [-0.05, 0) is 109 Å².